The van der Waals surface area contributed by atoms with Crippen LogP contribution in [0.5, 0.6) is 0 Å². The minimum atomic E-state index is -5.08. The number of nitrogens with one attached hydrogen (secondary N) is 1. The number of hydrogen-bond acceptors (Lipinski definition) is 4. The Morgan fingerprint density at radius 1 is 0.897 bits per heavy atom. The lowest BCUT2D eigenvalue weighted by Gasteiger charge is -2.11. The second-order valence-corrected chi connectivity index (χ2v) is 7.17. The largest absolute Gasteiger partial charge is 0.490 e. The molecule has 0 spiro atoms. The number of carbonyl (C=O) groups is 2. The topological polar surface area (TPSA) is 118 Å². The smallest absolute Gasteiger partial charge is 0.475 e. The van der Waals surface area contributed by atoms with E-state index in [1.165, 1.54) is 57.8 Å². The van der Waals surface area contributed by atoms with Gasteiger partial charge in [0.05, 0.1) is 6.04 Å². The Bertz CT molecular complexity index is 408. The molecular formula is C20H40F3N3O3. The molecule has 0 aliphatic heterocycles. The van der Waals surface area contributed by atoms with Crippen LogP contribution in [0.2, 0.25) is 0 Å². The molecule has 1 atom stereocenters. The standard InChI is InChI=1S/C18H39N3O.C2HF3O2/c1-2-3-4-5-6-7-8-9-10-13-16-21-18(22)17(20)14-11-12-15-19;3-2(4,5)1(6)7/h17H,2-16,19-20H2,1H3,(H,21,22);(H,6,7)/t17-;/m1./s1. The van der Waals surface area contributed by atoms with Crippen LogP contribution in [0.1, 0.15) is 90.4 Å². The summed E-state index contributed by atoms with van der Waals surface area (Å²) in [5.74, 6) is -2.76. The summed E-state index contributed by atoms with van der Waals surface area (Å²) in [7, 11) is 0. The van der Waals surface area contributed by atoms with Crippen molar-refractivity contribution in [1.29, 1.82) is 0 Å². The number of carboxylic acid groups (broad SMARTS) is 1. The van der Waals surface area contributed by atoms with E-state index in [0.717, 1.165) is 32.2 Å². The maximum absolute atomic E-state index is 11.7. The van der Waals surface area contributed by atoms with Crippen LogP contribution in [0.4, 0.5) is 13.2 Å². The molecule has 1 amide bonds. The van der Waals surface area contributed by atoms with Crippen molar-refractivity contribution < 1.29 is 27.9 Å². The quantitative estimate of drug-likeness (QED) is 0.276. The van der Waals surface area contributed by atoms with Crippen molar-refractivity contribution in [1.82, 2.24) is 5.32 Å². The summed E-state index contributed by atoms with van der Waals surface area (Å²) in [4.78, 5) is 20.6. The normalized spacial score (nSPS) is 12.1. The van der Waals surface area contributed by atoms with Gasteiger partial charge < -0.3 is 21.9 Å². The predicted molar refractivity (Wildman–Crippen MR) is 109 cm³/mol. The van der Waals surface area contributed by atoms with Crippen molar-refractivity contribution in [3.8, 4) is 0 Å². The fraction of sp³-hybridized carbons (Fsp3) is 0.900. The van der Waals surface area contributed by atoms with E-state index in [1.807, 2.05) is 0 Å². The molecule has 29 heavy (non-hydrogen) atoms. The highest BCUT2D eigenvalue weighted by Gasteiger charge is 2.38. The molecule has 0 unspecified atom stereocenters. The highest BCUT2D eigenvalue weighted by Crippen LogP contribution is 2.13. The van der Waals surface area contributed by atoms with E-state index in [-0.39, 0.29) is 11.9 Å². The molecular weight excluding hydrogens is 387 g/mol. The van der Waals surface area contributed by atoms with Crippen LogP contribution >= 0.6 is 0 Å². The van der Waals surface area contributed by atoms with Crippen LogP contribution in [0, 0.1) is 0 Å². The number of carboxylic acids is 1. The zero-order valence-corrected chi connectivity index (χ0v) is 17.7. The SMILES string of the molecule is CCCCCCCCCCCCNC(=O)[C@H](N)CCCCN.O=C(O)C(F)(F)F. The highest BCUT2D eigenvalue weighted by atomic mass is 19.4. The van der Waals surface area contributed by atoms with Gasteiger partial charge in [-0.05, 0) is 25.8 Å². The van der Waals surface area contributed by atoms with E-state index in [4.69, 9.17) is 21.4 Å². The molecule has 0 aromatic heterocycles. The summed E-state index contributed by atoms with van der Waals surface area (Å²) in [6, 6.07) is -0.366. The third-order valence-corrected chi connectivity index (χ3v) is 4.38. The number of nitrogens with two attached hydrogens (primary N) is 2. The van der Waals surface area contributed by atoms with Crippen molar-refractivity contribution >= 4 is 11.9 Å². The number of rotatable bonds is 16. The molecule has 0 saturated heterocycles. The number of hydrogen-bond donors (Lipinski definition) is 4. The fourth-order valence-electron chi connectivity index (χ4n) is 2.59. The zero-order valence-electron chi connectivity index (χ0n) is 17.7. The first-order chi connectivity index (χ1) is 13.7. The second-order valence-electron chi connectivity index (χ2n) is 7.17. The van der Waals surface area contributed by atoms with Crippen molar-refractivity contribution in [3.63, 3.8) is 0 Å². The Labute approximate surface area is 173 Å². The van der Waals surface area contributed by atoms with Crippen LogP contribution in [0.15, 0.2) is 0 Å². The van der Waals surface area contributed by atoms with Gasteiger partial charge in [0.2, 0.25) is 5.91 Å². The van der Waals surface area contributed by atoms with Crippen LogP contribution in [0.3, 0.4) is 0 Å². The van der Waals surface area contributed by atoms with Gasteiger partial charge in [-0.3, -0.25) is 4.79 Å². The molecule has 0 bridgehead atoms. The van der Waals surface area contributed by atoms with E-state index in [1.54, 1.807) is 0 Å². The molecule has 0 rings (SSSR count). The maximum atomic E-state index is 11.7. The summed E-state index contributed by atoms with van der Waals surface area (Å²) in [6.07, 6.45) is 10.7. The number of aliphatic carboxylic acids is 1. The lowest BCUT2D eigenvalue weighted by Crippen LogP contribution is -2.40. The van der Waals surface area contributed by atoms with Crippen LogP contribution in [-0.4, -0.2) is 42.3 Å². The third-order valence-electron chi connectivity index (χ3n) is 4.38. The van der Waals surface area contributed by atoms with E-state index in [0.29, 0.717) is 6.54 Å². The van der Waals surface area contributed by atoms with Gasteiger partial charge in [-0.15, -0.1) is 0 Å². The molecule has 0 heterocycles. The summed E-state index contributed by atoms with van der Waals surface area (Å²) >= 11 is 0. The maximum Gasteiger partial charge on any atom is 0.490 e. The van der Waals surface area contributed by atoms with Crippen molar-refractivity contribution in [3.05, 3.63) is 0 Å². The average molecular weight is 428 g/mol. The van der Waals surface area contributed by atoms with Gasteiger partial charge in [-0.2, -0.15) is 13.2 Å². The third kappa shape index (κ3) is 22.8. The minimum absolute atomic E-state index is 0.00653. The first-order valence-corrected chi connectivity index (χ1v) is 10.7. The molecule has 6 N–H and O–H groups in total. The summed E-state index contributed by atoms with van der Waals surface area (Å²) in [5, 5.41) is 10.1. The number of amides is 1. The molecule has 0 radical (unpaired) electrons. The van der Waals surface area contributed by atoms with E-state index >= 15 is 0 Å². The average Bonchev–Trinajstić information content (AvgIpc) is 2.65. The van der Waals surface area contributed by atoms with Gasteiger partial charge >= 0.3 is 12.1 Å². The van der Waals surface area contributed by atoms with E-state index < -0.39 is 12.1 Å². The highest BCUT2D eigenvalue weighted by molar-refractivity contribution is 5.81. The Morgan fingerprint density at radius 2 is 1.34 bits per heavy atom. The first-order valence-electron chi connectivity index (χ1n) is 10.7. The van der Waals surface area contributed by atoms with Gasteiger partial charge in [0.1, 0.15) is 0 Å². The number of unbranched alkanes of at least 4 members (excludes halogenated alkanes) is 10. The Balaban J connectivity index is 0. The van der Waals surface area contributed by atoms with Gasteiger partial charge in [-0.25, -0.2) is 4.79 Å². The molecule has 0 aromatic rings. The van der Waals surface area contributed by atoms with Gasteiger partial charge in [0, 0.05) is 6.54 Å². The van der Waals surface area contributed by atoms with Crippen LogP contribution in [0.25, 0.3) is 0 Å². The molecule has 0 aliphatic carbocycles. The van der Waals surface area contributed by atoms with Crippen molar-refractivity contribution in [2.45, 2.75) is 103 Å². The van der Waals surface area contributed by atoms with Crippen molar-refractivity contribution in [2.75, 3.05) is 13.1 Å². The van der Waals surface area contributed by atoms with Crippen LogP contribution < -0.4 is 16.8 Å². The van der Waals surface area contributed by atoms with Crippen LogP contribution in [-0.2, 0) is 9.59 Å². The molecule has 0 aromatic carbocycles. The molecule has 9 heteroatoms. The minimum Gasteiger partial charge on any atom is -0.475 e. The second kappa shape index (κ2) is 19.9. The molecule has 0 saturated carbocycles. The van der Waals surface area contributed by atoms with Gasteiger partial charge in [-0.1, -0.05) is 71.1 Å². The lowest BCUT2D eigenvalue weighted by atomic mass is 10.1. The summed E-state index contributed by atoms with van der Waals surface area (Å²) in [5.41, 5.74) is 11.3. The fourth-order valence-corrected chi connectivity index (χ4v) is 2.59. The Morgan fingerprint density at radius 3 is 1.76 bits per heavy atom. The number of carbonyl (C=O) groups excluding carboxylic acids is 1. The Hall–Kier alpha value is -1.35. The molecule has 174 valence electrons. The molecule has 6 nitrogen and oxygen atoms in total. The van der Waals surface area contributed by atoms with Crippen molar-refractivity contribution in [2.24, 2.45) is 11.5 Å². The van der Waals surface area contributed by atoms with Gasteiger partial charge in [0.15, 0.2) is 0 Å². The predicted octanol–water partition coefficient (Wildman–Crippen LogP) is 4.11. The van der Waals surface area contributed by atoms with E-state index in [2.05, 4.69) is 12.2 Å². The number of alkyl halides is 3. The lowest BCUT2D eigenvalue weighted by molar-refractivity contribution is -0.192. The summed E-state index contributed by atoms with van der Waals surface area (Å²) < 4.78 is 31.7. The first kappa shape index (κ1) is 29.8. The van der Waals surface area contributed by atoms with Gasteiger partial charge in [0.25, 0.3) is 0 Å². The van der Waals surface area contributed by atoms with E-state index in [9.17, 15) is 18.0 Å². The zero-order chi connectivity index (χ0) is 22.5. The number of halogens is 3. The monoisotopic (exact) mass is 427 g/mol. The Kier molecular flexibility index (Phi) is 20.5. The molecule has 0 aliphatic rings. The summed E-state index contributed by atoms with van der Waals surface area (Å²) in [6.45, 7) is 3.69. The molecule has 0 fully saturated rings.